The second kappa shape index (κ2) is 5.02. The van der Waals surface area contributed by atoms with E-state index in [2.05, 4.69) is 20.7 Å². The number of carbonyl (C=O) groups is 1. The van der Waals surface area contributed by atoms with Crippen LogP contribution < -0.4 is 5.32 Å². The van der Waals surface area contributed by atoms with Gasteiger partial charge >= 0.3 is 0 Å². The minimum Gasteiger partial charge on any atom is -0.353 e. The fourth-order valence-electron chi connectivity index (χ4n) is 6.61. The zero-order chi connectivity index (χ0) is 16.4. The minimum atomic E-state index is -0.186. The third-order valence-electron chi connectivity index (χ3n) is 7.14. The number of amides is 1. The van der Waals surface area contributed by atoms with E-state index in [0.717, 1.165) is 50.8 Å². The molecule has 1 aromatic rings. The van der Waals surface area contributed by atoms with Crippen LogP contribution in [0, 0.1) is 24.2 Å². The Labute approximate surface area is 142 Å². The Balaban J connectivity index is 1.45. The van der Waals surface area contributed by atoms with Crippen LogP contribution in [0.3, 0.4) is 0 Å². The van der Waals surface area contributed by atoms with E-state index in [1.807, 2.05) is 11.7 Å². The van der Waals surface area contributed by atoms with E-state index in [4.69, 9.17) is 0 Å². The average Bonchev–Trinajstić information content (AvgIpc) is 3.17. The molecule has 5 fully saturated rings. The first-order valence-electron chi connectivity index (χ1n) is 9.65. The molecule has 1 N–H and O–H groups in total. The number of rotatable bonds is 3. The van der Waals surface area contributed by atoms with Crippen LogP contribution in [0.25, 0.3) is 0 Å². The number of aromatic nitrogens is 4. The first kappa shape index (κ1) is 14.8. The molecule has 0 saturated heterocycles. The summed E-state index contributed by atoms with van der Waals surface area (Å²) in [5.41, 5.74) is -0.257. The van der Waals surface area contributed by atoms with Crippen molar-refractivity contribution in [2.24, 2.45) is 17.3 Å². The van der Waals surface area contributed by atoms with Crippen LogP contribution in [0.2, 0.25) is 0 Å². The molecule has 0 aromatic carbocycles. The van der Waals surface area contributed by atoms with E-state index in [1.54, 1.807) is 0 Å². The molecule has 2 atom stereocenters. The van der Waals surface area contributed by atoms with Crippen LogP contribution in [0.15, 0.2) is 0 Å². The Kier molecular flexibility index (Phi) is 3.11. The van der Waals surface area contributed by atoms with Gasteiger partial charge in [-0.25, -0.2) is 0 Å². The Morgan fingerprint density at radius 3 is 2.50 bits per heavy atom. The SMILES string of the molecule is Cc1nnn(C23CC4CC(CC(C(=O)NC5CCCC5)(C4)C2)C3)n1. The molecule has 24 heavy (non-hydrogen) atoms. The lowest BCUT2D eigenvalue weighted by molar-refractivity contribution is -0.158. The third kappa shape index (κ3) is 2.14. The predicted molar refractivity (Wildman–Crippen MR) is 88.0 cm³/mol. The second-order valence-corrected chi connectivity index (χ2v) is 9.05. The highest BCUT2D eigenvalue weighted by Gasteiger charge is 2.62. The molecule has 0 radical (unpaired) electrons. The average molecular weight is 329 g/mol. The molecule has 4 bridgehead atoms. The van der Waals surface area contributed by atoms with Crippen molar-refractivity contribution >= 4 is 5.91 Å². The minimum absolute atomic E-state index is 0.0711. The quantitative estimate of drug-likeness (QED) is 0.924. The molecule has 1 amide bonds. The van der Waals surface area contributed by atoms with E-state index in [0.29, 0.717) is 23.8 Å². The monoisotopic (exact) mass is 329 g/mol. The summed E-state index contributed by atoms with van der Waals surface area (Å²) in [6.07, 6.45) is 11.4. The standard InChI is InChI=1S/C18H27N5O/c1-12-20-22-23(21-12)18-9-13-6-14(10-18)8-17(7-13,11-18)16(24)19-15-4-2-3-5-15/h13-15H,2-11H2,1H3,(H,19,24). The van der Waals surface area contributed by atoms with Gasteiger partial charge in [0.1, 0.15) is 0 Å². The predicted octanol–water partition coefficient (Wildman–Crippen LogP) is 2.34. The Bertz CT molecular complexity index is 648. The van der Waals surface area contributed by atoms with Gasteiger partial charge in [0, 0.05) is 6.04 Å². The van der Waals surface area contributed by atoms with Gasteiger partial charge in [-0.15, -0.1) is 10.2 Å². The van der Waals surface area contributed by atoms with Crippen LogP contribution >= 0.6 is 0 Å². The summed E-state index contributed by atoms with van der Waals surface area (Å²) in [7, 11) is 0. The smallest absolute Gasteiger partial charge is 0.226 e. The molecule has 2 unspecified atom stereocenters. The zero-order valence-electron chi connectivity index (χ0n) is 14.5. The normalized spacial score (nSPS) is 41.0. The molecular weight excluding hydrogens is 302 g/mol. The molecule has 1 aromatic heterocycles. The largest absolute Gasteiger partial charge is 0.353 e. The molecule has 6 nitrogen and oxygen atoms in total. The van der Waals surface area contributed by atoms with Crippen molar-refractivity contribution in [2.45, 2.75) is 82.7 Å². The van der Waals surface area contributed by atoms with Gasteiger partial charge in [0.25, 0.3) is 0 Å². The number of carbonyl (C=O) groups excluding carboxylic acids is 1. The molecule has 1 heterocycles. The summed E-state index contributed by atoms with van der Waals surface area (Å²) in [5.74, 6) is 2.35. The molecule has 5 saturated carbocycles. The number of nitrogens with one attached hydrogen (secondary N) is 1. The van der Waals surface area contributed by atoms with E-state index in [1.165, 1.54) is 19.3 Å². The maximum atomic E-state index is 13.3. The first-order valence-corrected chi connectivity index (χ1v) is 9.65. The number of aryl methyl sites for hydroxylation is 1. The summed E-state index contributed by atoms with van der Waals surface area (Å²) in [5, 5.41) is 16.4. The first-order chi connectivity index (χ1) is 11.6. The summed E-state index contributed by atoms with van der Waals surface area (Å²) in [4.78, 5) is 15.1. The van der Waals surface area contributed by atoms with Crippen LogP contribution in [0.1, 0.15) is 70.0 Å². The van der Waals surface area contributed by atoms with Crippen molar-refractivity contribution in [1.82, 2.24) is 25.5 Å². The fourth-order valence-corrected chi connectivity index (χ4v) is 6.61. The second-order valence-electron chi connectivity index (χ2n) is 9.05. The van der Waals surface area contributed by atoms with Gasteiger partial charge < -0.3 is 5.32 Å². The van der Waals surface area contributed by atoms with Crippen molar-refractivity contribution in [3.63, 3.8) is 0 Å². The van der Waals surface area contributed by atoms with Crippen molar-refractivity contribution in [3.8, 4) is 0 Å². The van der Waals surface area contributed by atoms with Crippen LogP contribution in [-0.4, -0.2) is 32.2 Å². The van der Waals surface area contributed by atoms with Crippen molar-refractivity contribution in [3.05, 3.63) is 5.82 Å². The maximum Gasteiger partial charge on any atom is 0.226 e. The maximum absolute atomic E-state index is 13.3. The molecule has 6 rings (SSSR count). The van der Waals surface area contributed by atoms with Crippen LogP contribution in [-0.2, 0) is 10.3 Å². The van der Waals surface area contributed by atoms with Gasteiger partial charge in [0.05, 0.1) is 11.0 Å². The lowest BCUT2D eigenvalue weighted by Crippen LogP contribution is -2.62. The molecule has 0 aliphatic heterocycles. The van der Waals surface area contributed by atoms with Gasteiger partial charge in [-0.05, 0) is 75.3 Å². The van der Waals surface area contributed by atoms with E-state index < -0.39 is 0 Å². The van der Waals surface area contributed by atoms with Gasteiger partial charge in [-0.3, -0.25) is 4.79 Å². The zero-order valence-corrected chi connectivity index (χ0v) is 14.5. The van der Waals surface area contributed by atoms with E-state index >= 15 is 0 Å². The highest BCUT2D eigenvalue weighted by Crippen LogP contribution is 2.64. The Morgan fingerprint density at radius 1 is 1.17 bits per heavy atom. The number of hydrogen-bond donors (Lipinski definition) is 1. The van der Waals surface area contributed by atoms with Crippen LogP contribution in [0.5, 0.6) is 0 Å². The number of tetrazole rings is 1. The summed E-state index contributed by atoms with van der Waals surface area (Å²) in [6.45, 7) is 1.90. The highest BCUT2D eigenvalue weighted by molar-refractivity contribution is 5.83. The Morgan fingerprint density at radius 2 is 1.88 bits per heavy atom. The topological polar surface area (TPSA) is 72.7 Å². The van der Waals surface area contributed by atoms with Crippen molar-refractivity contribution in [1.29, 1.82) is 0 Å². The van der Waals surface area contributed by atoms with Gasteiger partial charge in [-0.2, -0.15) is 4.80 Å². The molecule has 0 spiro atoms. The highest BCUT2D eigenvalue weighted by atomic mass is 16.2. The molecule has 5 aliphatic carbocycles. The number of hydrogen-bond acceptors (Lipinski definition) is 4. The summed E-state index contributed by atoms with van der Waals surface area (Å²) >= 11 is 0. The summed E-state index contributed by atoms with van der Waals surface area (Å²) in [6, 6.07) is 0.410. The number of nitrogens with zero attached hydrogens (tertiary/aromatic N) is 4. The van der Waals surface area contributed by atoms with Gasteiger partial charge in [-0.1, -0.05) is 12.8 Å². The van der Waals surface area contributed by atoms with Crippen LogP contribution in [0.4, 0.5) is 0 Å². The lowest BCUT2D eigenvalue weighted by atomic mass is 9.46. The van der Waals surface area contributed by atoms with Gasteiger partial charge in [0.2, 0.25) is 5.91 Å². The molecule has 6 heteroatoms. The van der Waals surface area contributed by atoms with Gasteiger partial charge in [0.15, 0.2) is 5.82 Å². The molecule has 5 aliphatic rings. The lowest BCUT2D eigenvalue weighted by Gasteiger charge is -2.60. The van der Waals surface area contributed by atoms with Crippen molar-refractivity contribution < 1.29 is 4.79 Å². The fraction of sp³-hybridized carbons (Fsp3) is 0.889. The Hall–Kier alpha value is -1.46. The van der Waals surface area contributed by atoms with E-state index in [-0.39, 0.29) is 11.0 Å². The van der Waals surface area contributed by atoms with E-state index in [9.17, 15) is 4.79 Å². The summed E-state index contributed by atoms with van der Waals surface area (Å²) < 4.78 is 0. The molecule has 130 valence electrons. The molecular formula is C18H27N5O. The van der Waals surface area contributed by atoms with Crippen molar-refractivity contribution in [2.75, 3.05) is 0 Å². The third-order valence-corrected chi connectivity index (χ3v) is 7.14.